The van der Waals surface area contributed by atoms with Crippen molar-refractivity contribution in [3.63, 3.8) is 0 Å². The lowest BCUT2D eigenvalue weighted by Crippen LogP contribution is -2.35. The number of nitro groups is 1. The fraction of sp³-hybridized carbons (Fsp3) is 0.800. The van der Waals surface area contributed by atoms with Crippen molar-refractivity contribution in [1.82, 2.24) is 0 Å². The summed E-state index contributed by atoms with van der Waals surface area (Å²) in [5.74, 6) is -2.49. The van der Waals surface area contributed by atoms with E-state index in [0.717, 1.165) is 0 Å². The van der Waals surface area contributed by atoms with Crippen molar-refractivity contribution in [2.24, 2.45) is 5.92 Å². The lowest BCUT2D eigenvalue weighted by molar-refractivity contribution is -0.525. The molecule has 0 aromatic rings. The number of rotatable bonds is 7. The predicted octanol–water partition coefficient (Wildman–Crippen LogP) is 0.784. The molecule has 7 heteroatoms. The number of carbonyl (C=O) groups excluding carboxylic acids is 2. The first-order valence-electron chi connectivity index (χ1n) is 5.39. The number of carbonyl (C=O) groups is 2. The molecule has 0 aliphatic rings. The quantitative estimate of drug-likeness (QED) is 0.375. The summed E-state index contributed by atoms with van der Waals surface area (Å²) < 4.78 is 9.36. The number of hydrogen-bond donors (Lipinski definition) is 0. The number of nitrogens with zero attached hydrogens (tertiary/aromatic N) is 1. The van der Waals surface area contributed by atoms with Gasteiger partial charge in [-0.1, -0.05) is 0 Å². The Hall–Kier alpha value is -1.66. The highest BCUT2D eigenvalue weighted by Crippen LogP contribution is 2.15. The molecule has 0 spiro atoms. The third-order valence-electron chi connectivity index (χ3n) is 2.20. The summed E-state index contributed by atoms with van der Waals surface area (Å²) >= 11 is 0. The van der Waals surface area contributed by atoms with E-state index in [1.54, 1.807) is 13.8 Å². The zero-order chi connectivity index (χ0) is 13.4. The minimum atomic E-state index is -1.18. The first kappa shape index (κ1) is 15.3. The molecule has 0 rings (SSSR count). The summed E-state index contributed by atoms with van der Waals surface area (Å²) in [5.41, 5.74) is 0. The predicted molar refractivity (Wildman–Crippen MR) is 57.8 cm³/mol. The summed E-state index contributed by atoms with van der Waals surface area (Å²) in [6, 6.07) is -1.18. The van der Waals surface area contributed by atoms with Crippen LogP contribution in [0.1, 0.15) is 27.2 Å². The van der Waals surface area contributed by atoms with Gasteiger partial charge in [0.25, 0.3) is 0 Å². The Bertz CT molecular complexity index is 291. The van der Waals surface area contributed by atoms with Gasteiger partial charge in [-0.25, -0.2) is 0 Å². The van der Waals surface area contributed by atoms with Crippen LogP contribution in [0.15, 0.2) is 0 Å². The number of esters is 2. The zero-order valence-corrected chi connectivity index (χ0v) is 10.2. The summed E-state index contributed by atoms with van der Waals surface area (Å²) in [6.07, 6.45) is -0.338. The highest BCUT2D eigenvalue weighted by atomic mass is 16.6. The Morgan fingerprint density at radius 1 is 1.24 bits per heavy atom. The molecule has 17 heavy (non-hydrogen) atoms. The summed E-state index contributed by atoms with van der Waals surface area (Å²) in [6.45, 7) is 4.76. The minimum Gasteiger partial charge on any atom is -0.466 e. The van der Waals surface area contributed by atoms with E-state index in [9.17, 15) is 19.7 Å². The van der Waals surface area contributed by atoms with Crippen LogP contribution in [0.2, 0.25) is 0 Å². The Morgan fingerprint density at radius 3 is 2.18 bits per heavy atom. The lowest BCUT2D eigenvalue weighted by Gasteiger charge is -2.15. The van der Waals surface area contributed by atoms with Crippen LogP contribution in [-0.2, 0) is 19.1 Å². The molecule has 0 amide bonds. The van der Waals surface area contributed by atoms with Crippen LogP contribution >= 0.6 is 0 Å². The topological polar surface area (TPSA) is 95.7 Å². The van der Waals surface area contributed by atoms with E-state index < -0.39 is 28.8 Å². The Kier molecular flexibility index (Phi) is 6.85. The third-order valence-corrected chi connectivity index (χ3v) is 2.20. The third kappa shape index (κ3) is 5.28. The van der Waals surface area contributed by atoms with Gasteiger partial charge in [-0.2, -0.15) is 0 Å². The molecule has 0 saturated carbocycles. The van der Waals surface area contributed by atoms with E-state index >= 15 is 0 Å². The van der Waals surface area contributed by atoms with Gasteiger partial charge in [0, 0.05) is 11.8 Å². The fourth-order valence-corrected chi connectivity index (χ4v) is 1.25. The molecule has 0 unspecified atom stereocenters. The molecule has 0 aromatic carbocycles. The second-order valence-electron chi connectivity index (χ2n) is 3.39. The van der Waals surface area contributed by atoms with Crippen molar-refractivity contribution in [3.05, 3.63) is 10.1 Å². The zero-order valence-electron chi connectivity index (χ0n) is 10.2. The molecular formula is C10H17NO6. The Balaban J connectivity index is 4.67. The molecular weight excluding hydrogens is 230 g/mol. The maximum atomic E-state index is 11.5. The van der Waals surface area contributed by atoms with Gasteiger partial charge >= 0.3 is 11.9 Å². The van der Waals surface area contributed by atoms with Gasteiger partial charge in [0.15, 0.2) is 0 Å². The van der Waals surface area contributed by atoms with Crippen molar-refractivity contribution in [2.75, 3.05) is 13.2 Å². The average Bonchev–Trinajstić information content (AvgIpc) is 2.25. The molecule has 0 fully saturated rings. The first-order chi connectivity index (χ1) is 7.93. The van der Waals surface area contributed by atoms with Gasteiger partial charge in [-0.3, -0.25) is 19.7 Å². The lowest BCUT2D eigenvalue weighted by atomic mass is 9.98. The van der Waals surface area contributed by atoms with Crippen molar-refractivity contribution in [2.45, 2.75) is 33.2 Å². The largest absolute Gasteiger partial charge is 0.466 e. The van der Waals surface area contributed by atoms with E-state index in [0.29, 0.717) is 0 Å². The molecule has 0 radical (unpaired) electrons. The molecule has 0 N–H and O–H groups in total. The van der Waals surface area contributed by atoms with Gasteiger partial charge in [0.1, 0.15) is 5.92 Å². The monoisotopic (exact) mass is 247 g/mol. The SMILES string of the molecule is CCOC(=O)C[C@@H](C(=O)OCC)[C@@H](C)[N+](=O)[O-]. The van der Waals surface area contributed by atoms with Crippen molar-refractivity contribution in [3.8, 4) is 0 Å². The molecule has 98 valence electrons. The maximum Gasteiger partial charge on any atom is 0.316 e. The standard InChI is InChI=1S/C10H17NO6/c1-4-16-9(12)6-8(7(3)11(14)15)10(13)17-5-2/h7-8H,4-6H2,1-3H3/t7-,8-/m1/s1. The van der Waals surface area contributed by atoms with E-state index in [-0.39, 0.29) is 19.6 Å². The molecule has 0 heterocycles. The van der Waals surface area contributed by atoms with Crippen molar-refractivity contribution in [1.29, 1.82) is 0 Å². The van der Waals surface area contributed by atoms with Crippen LogP contribution < -0.4 is 0 Å². The molecule has 0 aliphatic carbocycles. The van der Waals surface area contributed by atoms with Crippen LogP contribution in [0.25, 0.3) is 0 Å². The molecule has 0 aliphatic heterocycles. The van der Waals surface area contributed by atoms with E-state index in [2.05, 4.69) is 4.74 Å². The van der Waals surface area contributed by atoms with Gasteiger partial charge in [-0.15, -0.1) is 0 Å². The molecule has 7 nitrogen and oxygen atoms in total. The highest BCUT2D eigenvalue weighted by Gasteiger charge is 2.36. The van der Waals surface area contributed by atoms with E-state index in [1.807, 2.05) is 0 Å². The van der Waals surface area contributed by atoms with Crippen molar-refractivity contribution < 1.29 is 24.0 Å². The number of hydrogen-bond acceptors (Lipinski definition) is 6. The van der Waals surface area contributed by atoms with E-state index in [4.69, 9.17) is 4.74 Å². The maximum absolute atomic E-state index is 11.5. The molecule has 2 atom stereocenters. The van der Waals surface area contributed by atoms with Crippen LogP contribution in [0.3, 0.4) is 0 Å². The summed E-state index contributed by atoms with van der Waals surface area (Å²) in [7, 11) is 0. The van der Waals surface area contributed by atoms with Crippen LogP contribution in [0.4, 0.5) is 0 Å². The van der Waals surface area contributed by atoms with Crippen LogP contribution in [0, 0.1) is 16.0 Å². The number of ether oxygens (including phenoxy) is 2. The van der Waals surface area contributed by atoms with Crippen LogP contribution in [-0.4, -0.2) is 36.1 Å². The van der Waals surface area contributed by atoms with Gasteiger partial charge in [0.05, 0.1) is 19.6 Å². The molecule has 0 aromatic heterocycles. The second-order valence-corrected chi connectivity index (χ2v) is 3.39. The van der Waals surface area contributed by atoms with Crippen LogP contribution in [0.5, 0.6) is 0 Å². The van der Waals surface area contributed by atoms with E-state index in [1.165, 1.54) is 6.92 Å². The fourth-order valence-electron chi connectivity index (χ4n) is 1.25. The average molecular weight is 247 g/mol. The van der Waals surface area contributed by atoms with Gasteiger partial charge < -0.3 is 9.47 Å². The molecule has 0 bridgehead atoms. The normalized spacial score (nSPS) is 13.6. The Morgan fingerprint density at radius 2 is 1.76 bits per heavy atom. The smallest absolute Gasteiger partial charge is 0.316 e. The van der Waals surface area contributed by atoms with Gasteiger partial charge in [-0.05, 0) is 13.8 Å². The van der Waals surface area contributed by atoms with Gasteiger partial charge in [0.2, 0.25) is 6.04 Å². The van der Waals surface area contributed by atoms with Crippen molar-refractivity contribution >= 4 is 11.9 Å². The minimum absolute atomic E-state index is 0.114. The second kappa shape index (κ2) is 7.59. The highest BCUT2D eigenvalue weighted by molar-refractivity contribution is 5.80. The Labute approximate surface area is 99.2 Å². The first-order valence-corrected chi connectivity index (χ1v) is 5.39. The summed E-state index contributed by atoms with van der Waals surface area (Å²) in [5, 5.41) is 10.6. The molecule has 0 saturated heterocycles. The summed E-state index contributed by atoms with van der Waals surface area (Å²) in [4.78, 5) is 32.8.